The van der Waals surface area contributed by atoms with E-state index in [4.69, 9.17) is 4.74 Å². The van der Waals surface area contributed by atoms with Crippen molar-refractivity contribution in [2.75, 3.05) is 18.4 Å². The molecule has 1 fully saturated rings. The zero-order chi connectivity index (χ0) is 22.1. The average molecular weight is 418 g/mol. The molecule has 0 bridgehead atoms. The minimum absolute atomic E-state index is 0.150. The number of benzene rings is 2. The van der Waals surface area contributed by atoms with Crippen molar-refractivity contribution in [3.05, 3.63) is 72.4 Å². The number of pyridine rings is 1. The molecule has 6 nitrogen and oxygen atoms in total. The van der Waals surface area contributed by atoms with Gasteiger partial charge in [0.05, 0.1) is 16.6 Å². The Morgan fingerprint density at radius 1 is 1.03 bits per heavy atom. The zero-order valence-corrected chi connectivity index (χ0v) is 18.1. The molecule has 0 spiro atoms. The highest BCUT2D eigenvalue weighted by molar-refractivity contribution is 6.05. The molecule has 2 amide bonds. The monoisotopic (exact) mass is 417 g/mol. The largest absolute Gasteiger partial charge is 0.444 e. The van der Waals surface area contributed by atoms with Crippen LogP contribution in [-0.4, -0.2) is 40.6 Å². The lowest BCUT2D eigenvalue weighted by Crippen LogP contribution is -2.44. The molecule has 0 radical (unpaired) electrons. The molecular formula is C25H27N3O3. The van der Waals surface area contributed by atoms with E-state index >= 15 is 0 Å². The summed E-state index contributed by atoms with van der Waals surface area (Å²) >= 11 is 0. The fourth-order valence-corrected chi connectivity index (χ4v) is 4.05. The third-order valence-electron chi connectivity index (χ3n) is 5.56. The number of carbonyl (C=O) groups is 2. The standard InChI is InChI=1S/C25H27N3O3/c1-24(2,3)31-23(30)28-16-14-25(17-28,19-11-5-4-6-12-19)22(29)27-20-13-7-9-18-10-8-15-26-21(18)20/h4-13,15H,14,16-17H2,1-3H3,(H,27,29). The van der Waals surface area contributed by atoms with Crippen molar-refractivity contribution in [2.24, 2.45) is 0 Å². The second-order valence-electron chi connectivity index (χ2n) is 8.93. The number of nitrogens with zero attached hydrogens (tertiary/aromatic N) is 2. The summed E-state index contributed by atoms with van der Waals surface area (Å²) in [7, 11) is 0. The average Bonchev–Trinajstić information content (AvgIpc) is 3.21. The normalized spacial score (nSPS) is 18.7. The summed E-state index contributed by atoms with van der Waals surface area (Å²) in [6.07, 6.45) is 1.83. The molecule has 2 heterocycles. The van der Waals surface area contributed by atoms with Crippen molar-refractivity contribution >= 4 is 28.6 Å². The topological polar surface area (TPSA) is 71.5 Å². The first-order chi connectivity index (χ1) is 14.8. The van der Waals surface area contributed by atoms with Gasteiger partial charge in [-0.05, 0) is 44.9 Å². The fraction of sp³-hybridized carbons (Fsp3) is 0.320. The Balaban J connectivity index is 1.66. The van der Waals surface area contributed by atoms with Crippen molar-refractivity contribution in [1.29, 1.82) is 0 Å². The maximum Gasteiger partial charge on any atom is 0.410 e. The molecule has 1 N–H and O–H groups in total. The number of ether oxygens (including phenoxy) is 1. The van der Waals surface area contributed by atoms with Gasteiger partial charge in [-0.1, -0.05) is 48.5 Å². The van der Waals surface area contributed by atoms with Crippen LogP contribution in [0.25, 0.3) is 10.9 Å². The van der Waals surface area contributed by atoms with Crippen LogP contribution >= 0.6 is 0 Å². The Morgan fingerprint density at radius 2 is 1.77 bits per heavy atom. The van der Waals surface area contributed by atoms with Crippen LogP contribution in [0, 0.1) is 0 Å². The van der Waals surface area contributed by atoms with E-state index < -0.39 is 17.1 Å². The minimum Gasteiger partial charge on any atom is -0.444 e. The Morgan fingerprint density at radius 3 is 2.52 bits per heavy atom. The van der Waals surface area contributed by atoms with Crippen LogP contribution in [0.1, 0.15) is 32.8 Å². The lowest BCUT2D eigenvalue weighted by atomic mass is 9.78. The number of anilines is 1. The Kier molecular flexibility index (Phi) is 5.39. The van der Waals surface area contributed by atoms with E-state index in [1.165, 1.54) is 0 Å². The van der Waals surface area contributed by atoms with Crippen LogP contribution in [0.5, 0.6) is 0 Å². The molecule has 0 saturated carbocycles. The molecule has 1 aliphatic rings. The third-order valence-corrected chi connectivity index (χ3v) is 5.56. The molecule has 1 unspecified atom stereocenters. The first-order valence-corrected chi connectivity index (χ1v) is 10.5. The highest BCUT2D eigenvalue weighted by Crippen LogP contribution is 2.37. The summed E-state index contributed by atoms with van der Waals surface area (Å²) in [6.45, 7) is 6.23. The van der Waals surface area contributed by atoms with E-state index in [0.29, 0.717) is 18.7 Å². The van der Waals surface area contributed by atoms with Gasteiger partial charge in [-0.2, -0.15) is 0 Å². The number of hydrogen-bond acceptors (Lipinski definition) is 4. The van der Waals surface area contributed by atoms with Crippen molar-refractivity contribution in [2.45, 2.75) is 38.2 Å². The maximum atomic E-state index is 13.7. The Bertz CT molecular complexity index is 1100. The van der Waals surface area contributed by atoms with E-state index in [-0.39, 0.29) is 12.5 Å². The molecule has 4 rings (SSSR count). The highest BCUT2D eigenvalue weighted by Gasteiger charge is 2.48. The van der Waals surface area contributed by atoms with Crippen LogP contribution in [0.3, 0.4) is 0 Å². The van der Waals surface area contributed by atoms with Crippen molar-refractivity contribution in [3.8, 4) is 0 Å². The highest BCUT2D eigenvalue weighted by atomic mass is 16.6. The lowest BCUT2D eigenvalue weighted by Gasteiger charge is -2.30. The number of amides is 2. The van der Waals surface area contributed by atoms with Gasteiger partial charge in [0, 0.05) is 24.7 Å². The molecule has 1 aromatic heterocycles. The molecule has 3 aromatic rings. The van der Waals surface area contributed by atoms with Gasteiger partial charge in [0.2, 0.25) is 5.91 Å². The molecule has 2 aromatic carbocycles. The second-order valence-corrected chi connectivity index (χ2v) is 8.93. The number of aromatic nitrogens is 1. The molecule has 6 heteroatoms. The molecule has 31 heavy (non-hydrogen) atoms. The summed E-state index contributed by atoms with van der Waals surface area (Å²) in [4.78, 5) is 32.5. The van der Waals surface area contributed by atoms with Crippen molar-refractivity contribution in [3.63, 3.8) is 0 Å². The van der Waals surface area contributed by atoms with Crippen LogP contribution in [-0.2, 0) is 14.9 Å². The lowest BCUT2D eigenvalue weighted by molar-refractivity contribution is -0.121. The van der Waals surface area contributed by atoms with Gasteiger partial charge in [-0.25, -0.2) is 4.79 Å². The van der Waals surface area contributed by atoms with Gasteiger partial charge in [0.1, 0.15) is 5.60 Å². The number of nitrogens with one attached hydrogen (secondary N) is 1. The van der Waals surface area contributed by atoms with Crippen LogP contribution in [0.4, 0.5) is 10.5 Å². The minimum atomic E-state index is -0.866. The molecule has 1 aliphatic heterocycles. The van der Waals surface area contributed by atoms with E-state index in [9.17, 15) is 9.59 Å². The van der Waals surface area contributed by atoms with E-state index in [0.717, 1.165) is 16.5 Å². The first-order valence-electron chi connectivity index (χ1n) is 10.5. The number of fused-ring (bicyclic) bond motifs is 1. The van der Waals surface area contributed by atoms with Gasteiger partial charge >= 0.3 is 6.09 Å². The second kappa shape index (κ2) is 8.02. The van der Waals surface area contributed by atoms with Crippen molar-refractivity contribution in [1.82, 2.24) is 9.88 Å². The van der Waals surface area contributed by atoms with E-state index in [2.05, 4.69) is 10.3 Å². The van der Waals surface area contributed by atoms with Crippen LogP contribution < -0.4 is 5.32 Å². The summed E-state index contributed by atoms with van der Waals surface area (Å²) < 4.78 is 5.55. The van der Waals surface area contributed by atoms with Gasteiger partial charge in [0.25, 0.3) is 0 Å². The van der Waals surface area contributed by atoms with Crippen LogP contribution in [0.2, 0.25) is 0 Å². The van der Waals surface area contributed by atoms with Crippen molar-refractivity contribution < 1.29 is 14.3 Å². The summed E-state index contributed by atoms with van der Waals surface area (Å²) in [6, 6.07) is 19.2. The SMILES string of the molecule is CC(C)(C)OC(=O)N1CCC(C(=O)Nc2cccc3cccnc23)(c2ccccc2)C1. The summed E-state index contributed by atoms with van der Waals surface area (Å²) in [5.41, 5.74) is 0.825. The Labute approximate surface area is 182 Å². The molecule has 160 valence electrons. The van der Waals surface area contributed by atoms with Crippen LogP contribution in [0.15, 0.2) is 66.9 Å². The molecular weight excluding hydrogens is 390 g/mol. The number of likely N-dealkylation sites (tertiary alicyclic amines) is 1. The third kappa shape index (κ3) is 4.24. The smallest absolute Gasteiger partial charge is 0.410 e. The zero-order valence-electron chi connectivity index (χ0n) is 18.1. The maximum absolute atomic E-state index is 13.7. The van der Waals surface area contributed by atoms with E-state index in [1.807, 2.05) is 81.4 Å². The van der Waals surface area contributed by atoms with Gasteiger partial charge in [-0.15, -0.1) is 0 Å². The molecule has 1 saturated heterocycles. The predicted molar refractivity (Wildman–Crippen MR) is 121 cm³/mol. The van der Waals surface area contributed by atoms with Gasteiger partial charge in [-0.3, -0.25) is 9.78 Å². The first kappa shape index (κ1) is 20.8. The van der Waals surface area contributed by atoms with Gasteiger partial charge in [0.15, 0.2) is 0 Å². The summed E-state index contributed by atoms with van der Waals surface area (Å²) in [5.74, 6) is -0.150. The predicted octanol–water partition coefficient (Wildman–Crippen LogP) is 4.75. The molecule has 0 aliphatic carbocycles. The fourth-order valence-electron chi connectivity index (χ4n) is 4.05. The van der Waals surface area contributed by atoms with E-state index in [1.54, 1.807) is 11.1 Å². The molecule has 1 atom stereocenters. The quantitative estimate of drug-likeness (QED) is 0.667. The Hall–Kier alpha value is -3.41. The number of hydrogen-bond donors (Lipinski definition) is 1. The number of para-hydroxylation sites is 1. The number of rotatable bonds is 3. The number of carbonyl (C=O) groups excluding carboxylic acids is 2. The van der Waals surface area contributed by atoms with Gasteiger partial charge < -0.3 is 15.0 Å². The summed E-state index contributed by atoms with van der Waals surface area (Å²) in [5, 5.41) is 4.05.